The molecule has 2 aliphatic rings. The van der Waals surface area contributed by atoms with Crippen molar-refractivity contribution >= 4 is 23.5 Å². The third-order valence-corrected chi connectivity index (χ3v) is 7.71. The molecular weight excluding hydrogens is 418 g/mol. The molecule has 1 saturated heterocycles. The van der Waals surface area contributed by atoms with Crippen molar-refractivity contribution in [3.05, 3.63) is 40.3 Å². The number of carbonyl (C=O) groups is 2. The molecule has 8 nitrogen and oxygen atoms in total. The second-order valence-corrected chi connectivity index (χ2v) is 9.40. The van der Waals surface area contributed by atoms with Gasteiger partial charge >= 0.3 is 11.7 Å². The number of ether oxygens (including phenoxy) is 2. The number of ketones is 1. The van der Waals surface area contributed by atoms with Crippen molar-refractivity contribution in [2.24, 2.45) is 13.0 Å². The summed E-state index contributed by atoms with van der Waals surface area (Å²) in [4.78, 5) is 37.7. The third-order valence-electron chi connectivity index (χ3n) is 6.44. The Morgan fingerprint density at radius 2 is 1.94 bits per heavy atom. The van der Waals surface area contributed by atoms with E-state index in [1.54, 1.807) is 14.2 Å². The fourth-order valence-electron chi connectivity index (χ4n) is 4.64. The number of methoxy groups -OCH3 is 1. The van der Waals surface area contributed by atoms with Crippen molar-refractivity contribution in [2.45, 2.75) is 61.0 Å². The zero-order valence-electron chi connectivity index (χ0n) is 17.8. The smallest absolute Gasteiger partial charge is 0.343 e. The monoisotopic (exact) mass is 445 g/mol. The average Bonchev–Trinajstić information content (AvgIpc) is 3.42. The third kappa shape index (κ3) is 4.42. The van der Waals surface area contributed by atoms with Gasteiger partial charge in [0.2, 0.25) is 0 Å². The molecule has 166 valence electrons. The number of H-pyrrole nitrogens is 1. The maximum Gasteiger partial charge on any atom is 0.343 e. The number of aromatic amines is 1. The Hall–Kier alpha value is -2.55. The number of nitrogens with zero attached hydrogens (tertiary/aromatic N) is 2. The first-order valence-electron chi connectivity index (χ1n) is 10.6. The quantitative estimate of drug-likeness (QED) is 0.516. The predicted octanol–water partition coefficient (Wildman–Crippen LogP) is 2.66. The first-order valence-corrected chi connectivity index (χ1v) is 11.5. The highest BCUT2D eigenvalue weighted by Crippen LogP contribution is 2.45. The fourth-order valence-corrected chi connectivity index (χ4v) is 5.55. The molecule has 1 aliphatic carbocycles. The van der Waals surface area contributed by atoms with E-state index in [1.807, 2.05) is 24.3 Å². The van der Waals surface area contributed by atoms with Gasteiger partial charge in [0.25, 0.3) is 0 Å². The predicted molar refractivity (Wildman–Crippen MR) is 115 cm³/mol. The van der Waals surface area contributed by atoms with Crippen molar-refractivity contribution in [3.8, 4) is 5.75 Å². The van der Waals surface area contributed by atoms with Crippen LogP contribution >= 0.6 is 11.8 Å². The van der Waals surface area contributed by atoms with Crippen molar-refractivity contribution in [2.75, 3.05) is 7.11 Å². The first kappa shape index (κ1) is 21.7. The molecule has 1 N–H and O–H groups in total. The molecule has 9 heteroatoms. The minimum atomic E-state index is -0.996. The van der Waals surface area contributed by atoms with E-state index in [9.17, 15) is 14.4 Å². The number of rotatable bonds is 7. The van der Waals surface area contributed by atoms with Gasteiger partial charge in [-0.25, -0.2) is 9.89 Å². The number of aryl methyl sites for hydroxylation is 1. The summed E-state index contributed by atoms with van der Waals surface area (Å²) in [5.41, 5.74) is -0.0392. The number of esters is 1. The van der Waals surface area contributed by atoms with E-state index in [1.165, 1.54) is 4.57 Å². The van der Waals surface area contributed by atoms with Gasteiger partial charge in [0.1, 0.15) is 11.4 Å². The number of Topliss-reactive ketones (excluding diaryl/α,β-unsaturated/α-hetero) is 1. The van der Waals surface area contributed by atoms with Gasteiger partial charge in [0.05, 0.1) is 7.11 Å². The largest absolute Gasteiger partial charge is 0.497 e. The van der Waals surface area contributed by atoms with E-state index < -0.39 is 16.8 Å². The lowest BCUT2D eigenvalue weighted by molar-refractivity contribution is -0.177. The van der Waals surface area contributed by atoms with Crippen LogP contribution in [0.4, 0.5) is 0 Å². The fraction of sp³-hybridized carbons (Fsp3) is 0.545. The molecule has 2 atom stereocenters. The molecule has 31 heavy (non-hydrogen) atoms. The average molecular weight is 446 g/mol. The second-order valence-electron chi connectivity index (χ2n) is 8.33. The summed E-state index contributed by atoms with van der Waals surface area (Å²) in [7, 11) is 3.18. The number of carbonyl (C=O) groups excluding carboxylic acids is 2. The number of nitrogens with one attached hydrogen (secondary N) is 1. The van der Waals surface area contributed by atoms with Crippen molar-refractivity contribution in [1.29, 1.82) is 0 Å². The Balaban J connectivity index is 1.52. The molecule has 1 aromatic heterocycles. The molecule has 2 aromatic rings. The van der Waals surface area contributed by atoms with Crippen LogP contribution in [-0.4, -0.2) is 44.5 Å². The van der Waals surface area contributed by atoms with Gasteiger partial charge in [0, 0.05) is 13.5 Å². The molecule has 2 fully saturated rings. The van der Waals surface area contributed by atoms with Crippen LogP contribution in [0.5, 0.6) is 5.75 Å². The molecule has 1 aliphatic heterocycles. The van der Waals surface area contributed by atoms with Crippen LogP contribution in [0.1, 0.15) is 44.1 Å². The topological polar surface area (TPSA) is 103 Å². The molecule has 1 aromatic carbocycles. The van der Waals surface area contributed by atoms with Crippen LogP contribution in [0.2, 0.25) is 0 Å². The summed E-state index contributed by atoms with van der Waals surface area (Å²) >= 11 is 0.973. The number of thioether (sulfide) groups is 1. The van der Waals surface area contributed by atoms with Crippen LogP contribution in [-0.2, 0) is 27.8 Å². The summed E-state index contributed by atoms with van der Waals surface area (Å²) in [6.07, 6.45) is 5.65. The molecule has 0 spiro atoms. The highest BCUT2D eigenvalue weighted by Gasteiger charge is 2.52. The molecule has 0 radical (unpaired) electrons. The van der Waals surface area contributed by atoms with Gasteiger partial charge < -0.3 is 9.47 Å². The maximum absolute atomic E-state index is 13.1. The number of aromatic nitrogens is 3. The summed E-state index contributed by atoms with van der Waals surface area (Å²) < 4.78 is 12.6. The summed E-state index contributed by atoms with van der Waals surface area (Å²) in [5.74, 6) is 0.303. The SMILES string of the molecule is COc1ccc(CCC2(C3CCCC3)CC(=O)C(Sc3n[nH]c(=O)n3C)C(=O)O2)cc1. The van der Waals surface area contributed by atoms with Crippen LogP contribution in [0.25, 0.3) is 0 Å². The van der Waals surface area contributed by atoms with E-state index in [0.717, 1.165) is 48.8 Å². The number of benzene rings is 1. The molecule has 2 heterocycles. The van der Waals surface area contributed by atoms with Gasteiger partial charge in [-0.05, 0) is 49.3 Å². The van der Waals surface area contributed by atoms with Gasteiger partial charge in [-0.1, -0.05) is 36.7 Å². The van der Waals surface area contributed by atoms with Crippen molar-refractivity contribution in [3.63, 3.8) is 0 Å². The Kier molecular flexibility index (Phi) is 6.22. The van der Waals surface area contributed by atoms with Crippen molar-refractivity contribution in [1.82, 2.24) is 14.8 Å². The zero-order valence-corrected chi connectivity index (χ0v) is 18.6. The van der Waals surface area contributed by atoms with Crippen LogP contribution in [0, 0.1) is 5.92 Å². The standard InChI is InChI=1S/C22H27N3O5S/c1-25-20(28)23-24-21(25)31-18-17(26)13-22(30-19(18)27,15-5-3-4-6-15)12-11-14-7-9-16(29-2)10-8-14/h7-10,15,18H,3-6,11-13H2,1-2H3,(H,23,28). The first-order chi connectivity index (χ1) is 14.9. The lowest BCUT2D eigenvalue weighted by Gasteiger charge is -2.42. The van der Waals surface area contributed by atoms with E-state index >= 15 is 0 Å². The van der Waals surface area contributed by atoms with E-state index in [4.69, 9.17) is 9.47 Å². The van der Waals surface area contributed by atoms with Crippen molar-refractivity contribution < 1.29 is 19.1 Å². The van der Waals surface area contributed by atoms with Crippen LogP contribution < -0.4 is 10.4 Å². The molecule has 0 amide bonds. The lowest BCUT2D eigenvalue weighted by atomic mass is 9.76. The Labute approximate surface area is 184 Å². The lowest BCUT2D eigenvalue weighted by Crippen LogP contribution is -2.53. The van der Waals surface area contributed by atoms with Gasteiger partial charge in [-0.15, -0.1) is 5.10 Å². The van der Waals surface area contributed by atoms with Gasteiger partial charge in [0.15, 0.2) is 16.2 Å². The molecular formula is C22H27N3O5S. The minimum Gasteiger partial charge on any atom is -0.497 e. The Bertz CT molecular complexity index is 989. The second kappa shape index (κ2) is 8.90. The molecule has 4 rings (SSSR count). The summed E-state index contributed by atoms with van der Waals surface area (Å²) in [6, 6.07) is 7.83. The number of cyclic esters (lactones) is 1. The van der Waals surface area contributed by atoms with Crippen LogP contribution in [0.15, 0.2) is 34.2 Å². The summed E-state index contributed by atoms with van der Waals surface area (Å²) in [5, 5.41) is 5.53. The maximum atomic E-state index is 13.1. The summed E-state index contributed by atoms with van der Waals surface area (Å²) in [6.45, 7) is 0. The Morgan fingerprint density at radius 1 is 1.23 bits per heavy atom. The normalized spacial score (nSPS) is 24.4. The number of hydrogen-bond acceptors (Lipinski definition) is 7. The number of hydrogen-bond donors (Lipinski definition) is 1. The van der Waals surface area contributed by atoms with Crippen LogP contribution in [0.3, 0.4) is 0 Å². The van der Waals surface area contributed by atoms with Gasteiger partial charge in [-0.3, -0.25) is 14.2 Å². The molecule has 0 bridgehead atoms. The molecule has 2 unspecified atom stereocenters. The molecule has 1 saturated carbocycles. The zero-order chi connectivity index (χ0) is 22.0. The highest BCUT2D eigenvalue weighted by molar-refractivity contribution is 8.01. The van der Waals surface area contributed by atoms with Gasteiger partial charge in [-0.2, -0.15) is 0 Å². The highest BCUT2D eigenvalue weighted by atomic mass is 32.2. The van der Waals surface area contributed by atoms with E-state index in [-0.39, 0.29) is 23.8 Å². The van der Waals surface area contributed by atoms with E-state index in [2.05, 4.69) is 10.2 Å². The van der Waals surface area contributed by atoms with E-state index in [0.29, 0.717) is 18.0 Å². The Morgan fingerprint density at radius 3 is 2.52 bits per heavy atom. The minimum absolute atomic E-state index is 0.154.